The minimum atomic E-state index is -0.556. The van der Waals surface area contributed by atoms with Crippen molar-refractivity contribution in [3.05, 3.63) is 29.2 Å². The molecule has 0 radical (unpaired) electrons. The van der Waals surface area contributed by atoms with Crippen LogP contribution in [0.2, 0.25) is 5.02 Å². The molecule has 2 atom stereocenters. The van der Waals surface area contributed by atoms with E-state index in [-0.39, 0.29) is 23.3 Å². The second kappa shape index (κ2) is 9.21. The van der Waals surface area contributed by atoms with Crippen LogP contribution in [-0.2, 0) is 22.5 Å². The molecule has 1 saturated carbocycles. The molecule has 0 bridgehead atoms. The molecule has 0 unspecified atom stereocenters. The highest BCUT2D eigenvalue weighted by Gasteiger charge is 2.33. The van der Waals surface area contributed by atoms with Gasteiger partial charge in [-0.05, 0) is 57.9 Å². The zero-order valence-corrected chi connectivity index (χ0v) is 21.3. The molecule has 0 saturated heterocycles. The largest absolute Gasteiger partial charge is 0.444 e. The van der Waals surface area contributed by atoms with E-state index < -0.39 is 11.7 Å². The summed E-state index contributed by atoms with van der Waals surface area (Å²) in [4.78, 5) is 29.5. The first kappa shape index (κ1) is 24.5. The molecule has 9 heteroatoms. The van der Waals surface area contributed by atoms with Crippen LogP contribution in [0.5, 0.6) is 0 Å². The lowest BCUT2D eigenvalue weighted by Gasteiger charge is -2.30. The maximum atomic E-state index is 13.0. The van der Waals surface area contributed by atoms with Gasteiger partial charge < -0.3 is 15.4 Å². The summed E-state index contributed by atoms with van der Waals surface area (Å²) in [7, 11) is 0. The van der Waals surface area contributed by atoms with Crippen molar-refractivity contribution in [2.45, 2.75) is 84.9 Å². The van der Waals surface area contributed by atoms with Gasteiger partial charge in [0.1, 0.15) is 11.4 Å². The van der Waals surface area contributed by atoms with Crippen molar-refractivity contribution in [1.82, 2.24) is 20.1 Å². The van der Waals surface area contributed by atoms with Crippen molar-refractivity contribution in [3.63, 3.8) is 0 Å². The third-order valence-electron chi connectivity index (χ3n) is 6.34. The molecule has 2 aromatic rings. The first-order valence-corrected chi connectivity index (χ1v) is 12.3. The van der Waals surface area contributed by atoms with Crippen molar-refractivity contribution >= 4 is 29.4 Å². The van der Waals surface area contributed by atoms with Crippen LogP contribution in [0.1, 0.15) is 66.0 Å². The number of rotatable bonds is 4. The molecule has 34 heavy (non-hydrogen) atoms. The highest BCUT2D eigenvalue weighted by molar-refractivity contribution is 6.33. The Bertz CT molecular complexity index is 1090. The standard InChI is InChI=1S/C25H34ClN5O3/c1-24(2,3)34-23(33)29-16-8-6-7-15(9-16)22(32)30-21-10-17(19(26)13-27-21)18-12-28-31-14-25(4,5)11-20(18)31/h10,12-13,15-16H,6-9,11,14H2,1-5H3,(H,29,33)(H,27,30,32)/t15-,16+/m0/s1. The highest BCUT2D eigenvalue weighted by Crippen LogP contribution is 2.39. The number of fused-ring (bicyclic) bond motifs is 1. The molecule has 2 N–H and O–H groups in total. The Morgan fingerprint density at radius 3 is 2.71 bits per heavy atom. The smallest absolute Gasteiger partial charge is 0.407 e. The van der Waals surface area contributed by atoms with Crippen LogP contribution >= 0.6 is 11.6 Å². The lowest BCUT2D eigenvalue weighted by Crippen LogP contribution is -2.43. The van der Waals surface area contributed by atoms with Crippen molar-refractivity contribution in [3.8, 4) is 11.1 Å². The topological polar surface area (TPSA) is 98.1 Å². The van der Waals surface area contributed by atoms with Gasteiger partial charge in [-0.2, -0.15) is 5.10 Å². The fraction of sp³-hybridized carbons (Fsp3) is 0.600. The molecule has 184 valence electrons. The van der Waals surface area contributed by atoms with Crippen molar-refractivity contribution in [1.29, 1.82) is 0 Å². The minimum absolute atomic E-state index is 0.0913. The fourth-order valence-corrected chi connectivity index (χ4v) is 5.05. The lowest BCUT2D eigenvalue weighted by molar-refractivity contribution is -0.121. The third-order valence-corrected chi connectivity index (χ3v) is 6.64. The Balaban J connectivity index is 1.43. The average Bonchev–Trinajstić information content (AvgIpc) is 3.23. The number of hydrogen-bond acceptors (Lipinski definition) is 5. The van der Waals surface area contributed by atoms with Crippen molar-refractivity contribution in [2.75, 3.05) is 5.32 Å². The number of anilines is 1. The van der Waals surface area contributed by atoms with Crippen LogP contribution in [0.25, 0.3) is 11.1 Å². The minimum Gasteiger partial charge on any atom is -0.444 e. The van der Waals surface area contributed by atoms with Crippen LogP contribution in [0.15, 0.2) is 18.5 Å². The molecular weight excluding hydrogens is 454 g/mol. The van der Waals surface area contributed by atoms with Gasteiger partial charge in [-0.15, -0.1) is 0 Å². The average molecular weight is 488 g/mol. The number of carbonyl (C=O) groups excluding carboxylic acids is 2. The van der Waals surface area contributed by atoms with E-state index in [1.165, 1.54) is 0 Å². The molecule has 1 aliphatic carbocycles. The Morgan fingerprint density at radius 2 is 1.97 bits per heavy atom. The van der Waals surface area contributed by atoms with E-state index in [4.69, 9.17) is 16.3 Å². The number of pyridine rings is 1. The molecule has 4 rings (SSSR count). The van der Waals surface area contributed by atoms with E-state index in [0.29, 0.717) is 17.3 Å². The summed E-state index contributed by atoms with van der Waals surface area (Å²) >= 11 is 6.49. The summed E-state index contributed by atoms with van der Waals surface area (Å²) in [6.45, 7) is 10.8. The maximum absolute atomic E-state index is 13.0. The first-order chi connectivity index (χ1) is 15.9. The summed E-state index contributed by atoms with van der Waals surface area (Å²) in [5.74, 6) is 0.150. The lowest BCUT2D eigenvalue weighted by atomic mass is 9.85. The summed E-state index contributed by atoms with van der Waals surface area (Å²) in [5.41, 5.74) is 2.55. The van der Waals surface area contributed by atoms with E-state index in [9.17, 15) is 9.59 Å². The zero-order valence-electron chi connectivity index (χ0n) is 20.6. The van der Waals surface area contributed by atoms with Gasteiger partial charge in [-0.3, -0.25) is 9.48 Å². The summed E-state index contributed by atoms with van der Waals surface area (Å²) < 4.78 is 7.39. The van der Waals surface area contributed by atoms with E-state index in [1.54, 1.807) is 6.20 Å². The molecule has 0 spiro atoms. The number of nitrogens with one attached hydrogen (secondary N) is 2. The molecule has 1 aliphatic heterocycles. The number of hydrogen-bond donors (Lipinski definition) is 2. The number of halogens is 1. The Kier molecular flexibility index (Phi) is 6.64. The van der Waals surface area contributed by atoms with Crippen LogP contribution in [0.4, 0.5) is 10.6 Å². The van der Waals surface area contributed by atoms with Gasteiger partial charge >= 0.3 is 6.09 Å². The molecule has 0 aromatic carbocycles. The van der Waals surface area contributed by atoms with Crippen molar-refractivity contribution < 1.29 is 14.3 Å². The zero-order chi connectivity index (χ0) is 24.7. The van der Waals surface area contributed by atoms with Gasteiger partial charge in [-0.1, -0.05) is 31.9 Å². The van der Waals surface area contributed by atoms with Gasteiger partial charge in [0.05, 0.1) is 11.2 Å². The normalized spacial score (nSPS) is 21.6. The molecular formula is C25H34ClN5O3. The monoisotopic (exact) mass is 487 g/mol. The van der Waals surface area contributed by atoms with Gasteiger partial charge in [-0.25, -0.2) is 9.78 Å². The van der Waals surface area contributed by atoms with Gasteiger partial charge in [0.15, 0.2) is 0 Å². The van der Waals surface area contributed by atoms with Crippen LogP contribution in [0, 0.1) is 11.3 Å². The second-order valence-electron chi connectivity index (χ2n) is 11.2. The summed E-state index contributed by atoms with van der Waals surface area (Å²) in [6, 6.07) is 1.73. The van der Waals surface area contributed by atoms with E-state index >= 15 is 0 Å². The van der Waals surface area contributed by atoms with Gasteiger partial charge in [0.2, 0.25) is 5.91 Å². The molecule has 8 nitrogen and oxygen atoms in total. The maximum Gasteiger partial charge on any atom is 0.407 e. The Morgan fingerprint density at radius 1 is 1.21 bits per heavy atom. The molecule has 1 fully saturated rings. The second-order valence-corrected chi connectivity index (χ2v) is 11.7. The van der Waals surface area contributed by atoms with Crippen molar-refractivity contribution in [2.24, 2.45) is 11.3 Å². The molecule has 2 aliphatic rings. The Hall–Kier alpha value is -2.61. The Labute approximate surface area is 205 Å². The van der Waals surface area contributed by atoms with Gasteiger partial charge in [0.25, 0.3) is 0 Å². The predicted octanol–water partition coefficient (Wildman–Crippen LogP) is 5.20. The number of ether oxygens (including phenoxy) is 1. The quantitative estimate of drug-likeness (QED) is 0.617. The fourth-order valence-electron chi connectivity index (χ4n) is 4.85. The number of nitrogens with zero attached hydrogens (tertiary/aromatic N) is 3. The van der Waals surface area contributed by atoms with Crippen LogP contribution < -0.4 is 10.6 Å². The number of aromatic nitrogens is 3. The molecule has 3 heterocycles. The predicted molar refractivity (Wildman–Crippen MR) is 132 cm³/mol. The molecule has 2 amide bonds. The van der Waals surface area contributed by atoms with Gasteiger partial charge in [0, 0.05) is 41.5 Å². The SMILES string of the molecule is CC1(C)Cc2c(-c3cc(NC(=O)[C@H]4CCC[C@@H](NC(=O)OC(C)(C)C)C4)ncc3Cl)cnn2C1. The van der Waals surface area contributed by atoms with E-state index in [0.717, 1.165) is 49.0 Å². The number of carbonyl (C=O) groups is 2. The van der Waals surface area contributed by atoms with E-state index in [1.807, 2.05) is 37.7 Å². The number of alkyl carbamates (subject to hydrolysis) is 1. The highest BCUT2D eigenvalue weighted by atomic mass is 35.5. The summed E-state index contributed by atoms with van der Waals surface area (Å²) in [6.07, 6.45) is 6.90. The van der Waals surface area contributed by atoms with E-state index in [2.05, 4.69) is 34.6 Å². The first-order valence-electron chi connectivity index (χ1n) is 11.9. The summed E-state index contributed by atoms with van der Waals surface area (Å²) in [5, 5.41) is 10.9. The van der Waals surface area contributed by atoms with Crippen LogP contribution in [0.3, 0.4) is 0 Å². The molecule has 2 aromatic heterocycles. The number of amides is 2. The third kappa shape index (κ3) is 5.71. The van der Waals surface area contributed by atoms with Crippen LogP contribution in [-0.4, -0.2) is 38.4 Å².